The third-order valence-corrected chi connectivity index (χ3v) is 5.49. The van der Waals surface area contributed by atoms with Crippen molar-refractivity contribution < 1.29 is 19.7 Å². The Morgan fingerprint density at radius 1 is 1.32 bits per heavy atom. The predicted octanol–water partition coefficient (Wildman–Crippen LogP) is 1.55. The van der Waals surface area contributed by atoms with E-state index in [2.05, 4.69) is 6.92 Å². The molecule has 2 N–H and O–H groups in total. The van der Waals surface area contributed by atoms with Crippen LogP contribution in [0.25, 0.3) is 0 Å². The summed E-state index contributed by atoms with van der Waals surface area (Å²) < 4.78 is 5.51. The molecule has 4 unspecified atom stereocenters. The molecule has 2 aliphatic carbocycles. The Hall–Kier alpha value is -0.870. The summed E-state index contributed by atoms with van der Waals surface area (Å²) in [5.41, 5.74) is 0.584. The number of aliphatic hydroxyl groups is 2. The zero-order chi connectivity index (χ0) is 13.8. The molecule has 0 radical (unpaired) electrons. The van der Waals surface area contributed by atoms with E-state index in [9.17, 15) is 15.0 Å². The van der Waals surface area contributed by atoms with Crippen LogP contribution >= 0.6 is 0 Å². The van der Waals surface area contributed by atoms with Gasteiger partial charge in [0.2, 0.25) is 0 Å². The van der Waals surface area contributed by atoms with Gasteiger partial charge in [0.15, 0.2) is 0 Å². The van der Waals surface area contributed by atoms with Gasteiger partial charge in [-0.2, -0.15) is 0 Å². The van der Waals surface area contributed by atoms with Gasteiger partial charge in [-0.15, -0.1) is 0 Å². The minimum absolute atomic E-state index is 0.0289. The van der Waals surface area contributed by atoms with Crippen LogP contribution in [0.1, 0.15) is 46.0 Å². The predicted molar refractivity (Wildman–Crippen MR) is 69.3 cm³/mol. The molecule has 0 spiro atoms. The number of fused-ring (bicyclic) bond motifs is 3. The first-order chi connectivity index (χ1) is 8.89. The minimum Gasteiger partial charge on any atom is -0.454 e. The lowest BCUT2D eigenvalue weighted by molar-refractivity contribution is -0.169. The van der Waals surface area contributed by atoms with Crippen LogP contribution in [-0.2, 0) is 9.53 Å². The van der Waals surface area contributed by atoms with Crippen LogP contribution in [0.4, 0.5) is 0 Å². The van der Waals surface area contributed by atoms with Gasteiger partial charge in [-0.3, -0.25) is 0 Å². The molecule has 0 bridgehead atoms. The minimum atomic E-state index is -0.797. The van der Waals surface area contributed by atoms with Crippen molar-refractivity contribution >= 4 is 5.97 Å². The van der Waals surface area contributed by atoms with Gasteiger partial charge >= 0.3 is 5.97 Å². The topological polar surface area (TPSA) is 66.8 Å². The van der Waals surface area contributed by atoms with Crippen molar-refractivity contribution in [1.82, 2.24) is 0 Å². The normalized spacial score (nSPS) is 45.8. The largest absolute Gasteiger partial charge is 0.454 e. The van der Waals surface area contributed by atoms with E-state index in [1.165, 1.54) is 0 Å². The molecule has 0 aromatic heterocycles. The van der Waals surface area contributed by atoms with Crippen LogP contribution < -0.4 is 0 Å². The van der Waals surface area contributed by atoms with Crippen molar-refractivity contribution in [3.63, 3.8) is 0 Å². The van der Waals surface area contributed by atoms with Gasteiger partial charge in [0.1, 0.15) is 6.10 Å². The van der Waals surface area contributed by atoms with E-state index in [1.54, 1.807) is 0 Å². The van der Waals surface area contributed by atoms with Gasteiger partial charge in [-0.05, 0) is 43.6 Å². The summed E-state index contributed by atoms with van der Waals surface area (Å²) in [4.78, 5) is 11.8. The number of esters is 1. The second kappa shape index (κ2) is 4.06. The Kier molecular flexibility index (Phi) is 2.81. The first kappa shape index (κ1) is 13.1. The van der Waals surface area contributed by atoms with E-state index in [-0.39, 0.29) is 24.0 Å². The van der Waals surface area contributed by atoms with Crippen molar-refractivity contribution in [2.24, 2.45) is 11.3 Å². The molecule has 106 valence electrons. The van der Waals surface area contributed by atoms with Gasteiger partial charge in [0.25, 0.3) is 0 Å². The average Bonchev–Trinajstić information content (AvgIpc) is 2.62. The zero-order valence-corrected chi connectivity index (χ0v) is 11.6. The highest BCUT2D eigenvalue weighted by Crippen LogP contribution is 2.57. The Bertz CT molecular complexity index is 451. The SMILES string of the molecule is CC1(O)CCCC2(C)CCC3=C(CO)C(=O)OC3C12. The number of carbonyl (C=O) groups excluding carboxylic acids is 1. The van der Waals surface area contributed by atoms with E-state index >= 15 is 0 Å². The molecular formula is C15H22O4. The molecule has 2 saturated carbocycles. The van der Waals surface area contributed by atoms with Crippen molar-refractivity contribution in [3.8, 4) is 0 Å². The Labute approximate surface area is 113 Å². The molecule has 3 rings (SSSR count). The number of carbonyl (C=O) groups is 1. The molecule has 2 fully saturated rings. The Balaban J connectivity index is 2.04. The quantitative estimate of drug-likeness (QED) is 0.707. The maximum atomic E-state index is 11.8. The average molecular weight is 266 g/mol. The van der Waals surface area contributed by atoms with Gasteiger partial charge in [-0.25, -0.2) is 4.79 Å². The maximum Gasteiger partial charge on any atom is 0.337 e. The molecule has 19 heavy (non-hydrogen) atoms. The van der Waals surface area contributed by atoms with E-state index in [4.69, 9.17) is 4.74 Å². The fraction of sp³-hybridized carbons (Fsp3) is 0.800. The van der Waals surface area contributed by atoms with Crippen LogP contribution in [-0.4, -0.2) is 34.5 Å². The van der Waals surface area contributed by atoms with E-state index in [1.807, 2.05) is 6.92 Å². The van der Waals surface area contributed by atoms with Crippen LogP contribution in [0.2, 0.25) is 0 Å². The molecule has 0 saturated heterocycles. The molecule has 4 nitrogen and oxygen atoms in total. The summed E-state index contributed by atoms with van der Waals surface area (Å²) in [6, 6.07) is 0. The van der Waals surface area contributed by atoms with Crippen LogP contribution in [0, 0.1) is 11.3 Å². The number of rotatable bonds is 1. The van der Waals surface area contributed by atoms with Crippen LogP contribution in [0.3, 0.4) is 0 Å². The van der Waals surface area contributed by atoms with Crippen molar-refractivity contribution in [2.75, 3.05) is 6.61 Å². The monoisotopic (exact) mass is 266 g/mol. The fourth-order valence-corrected chi connectivity index (χ4v) is 4.59. The highest BCUT2D eigenvalue weighted by atomic mass is 16.6. The van der Waals surface area contributed by atoms with Crippen LogP contribution in [0.5, 0.6) is 0 Å². The van der Waals surface area contributed by atoms with E-state index in [0.29, 0.717) is 5.57 Å². The molecule has 3 aliphatic rings. The van der Waals surface area contributed by atoms with Gasteiger partial charge in [0.05, 0.1) is 17.8 Å². The summed E-state index contributed by atoms with van der Waals surface area (Å²) in [6.07, 6.45) is 4.28. The van der Waals surface area contributed by atoms with E-state index in [0.717, 1.165) is 37.7 Å². The standard InChI is InChI=1S/C15H22O4/c1-14-5-3-6-15(2,18)12(14)11-9(4-7-14)10(8-16)13(17)19-11/h11-12,16,18H,3-8H2,1-2H3. The Morgan fingerprint density at radius 3 is 2.74 bits per heavy atom. The summed E-state index contributed by atoms with van der Waals surface area (Å²) in [6.45, 7) is 3.81. The smallest absolute Gasteiger partial charge is 0.337 e. The fourth-order valence-electron chi connectivity index (χ4n) is 4.59. The third kappa shape index (κ3) is 1.77. The van der Waals surface area contributed by atoms with Gasteiger partial charge < -0.3 is 14.9 Å². The van der Waals surface area contributed by atoms with E-state index < -0.39 is 11.6 Å². The highest BCUT2D eigenvalue weighted by Gasteiger charge is 2.58. The lowest BCUT2D eigenvalue weighted by atomic mass is 9.53. The first-order valence-corrected chi connectivity index (χ1v) is 7.15. The summed E-state index contributed by atoms with van der Waals surface area (Å²) in [5, 5.41) is 20.1. The zero-order valence-electron chi connectivity index (χ0n) is 11.6. The molecular weight excluding hydrogens is 244 g/mol. The lowest BCUT2D eigenvalue weighted by Gasteiger charge is -2.54. The summed E-state index contributed by atoms with van der Waals surface area (Å²) >= 11 is 0. The highest BCUT2D eigenvalue weighted by molar-refractivity contribution is 5.92. The summed E-state index contributed by atoms with van der Waals surface area (Å²) in [7, 11) is 0. The van der Waals surface area contributed by atoms with Crippen molar-refractivity contribution in [2.45, 2.75) is 57.7 Å². The maximum absolute atomic E-state index is 11.8. The lowest BCUT2D eigenvalue weighted by Crippen LogP contribution is -2.56. The first-order valence-electron chi connectivity index (χ1n) is 7.15. The number of hydrogen-bond acceptors (Lipinski definition) is 4. The number of hydrogen-bond donors (Lipinski definition) is 2. The molecule has 0 aromatic carbocycles. The second-order valence-corrected chi connectivity index (χ2v) is 6.83. The molecule has 4 heteroatoms. The van der Waals surface area contributed by atoms with Crippen molar-refractivity contribution in [3.05, 3.63) is 11.1 Å². The summed E-state index contributed by atoms with van der Waals surface area (Å²) in [5.74, 6) is -0.446. The molecule has 1 heterocycles. The van der Waals surface area contributed by atoms with Gasteiger partial charge in [0, 0.05) is 5.92 Å². The molecule has 1 aliphatic heterocycles. The van der Waals surface area contributed by atoms with Crippen molar-refractivity contribution in [1.29, 1.82) is 0 Å². The second-order valence-electron chi connectivity index (χ2n) is 6.83. The Morgan fingerprint density at radius 2 is 2.05 bits per heavy atom. The molecule has 0 aromatic rings. The van der Waals surface area contributed by atoms with Crippen LogP contribution in [0.15, 0.2) is 11.1 Å². The van der Waals surface area contributed by atoms with Gasteiger partial charge in [-0.1, -0.05) is 13.3 Å². The third-order valence-electron chi connectivity index (χ3n) is 5.49. The molecule has 4 atom stereocenters. The number of ether oxygens (including phenoxy) is 1. The molecule has 0 amide bonds. The number of aliphatic hydroxyl groups excluding tert-OH is 1.